The highest BCUT2D eigenvalue weighted by atomic mass is 16.7. The van der Waals surface area contributed by atoms with Gasteiger partial charge < -0.3 is 29.2 Å². The van der Waals surface area contributed by atoms with Crippen molar-refractivity contribution in [3.8, 4) is 23.0 Å². The van der Waals surface area contributed by atoms with Gasteiger partial charge in [0.25, 0.3) is 0 Å². The van der Waals surface area contributed by atoms with E-state index in [1.807, 2.05) is 0 Å². The van der Waals surface area contributed by atoms with Crippen LogP contribution in [-0.4, -0.2) is 45.4 Å². The first-order valence-electron chi connectivity index (χ1n) is 8.78. The van der Waals surface area contributed by atoms with Crippen molar-refractivity contribution in [2.24, 2.45) is 0 Å². The maximum Gasteiger partial charge on any atom is 0.240 e. The lowest BCUT2D eigenvalue weighted by molar-refractivity contribution is -0.123. The molecule has 0 aliphatic carbocycles. The summed E-state index contributed by atoms with van der Waals surface area (Å²) in [5.74, 6) is 2.06. The predicted molar refractivity (Wildman–Crippen MR) is 102 cm³/mol. The third-order valence-electron chi connectivity index (χ3n) is 4.10. The fourth-order valence-electron chi connectivity index (χ4n) is 2.67. The number of ether oxygens (including phenoxy) is 4. The number of fused-ring (bicyclic) bond motifs is 1. The Hall–Kier alpha value is -3.42. The van der Waals surface area contributed by atoms with Crippen LogP contribution in [0.15, 0.2) is 42.5 Å². The van der Waals surface area contributed by atoms with Gasteiger partial charge in [-0.25, -0.2) is 0 Å². The number of carbonyl (C=O) groups is 2. The predicted octanol–water partition coefficient (Wildman–Crippen LogP) is 1.97. The molecule has 2 amide bonds. The molecule has 1 heterocycles. The van der Waals surface area contributed by atoms with Crippen LogP contribution in [0.2, 0.25) is 0 Å². The van der Waals surface area contributed by atoms with Gasteiger partial charge in [-0.15, -0.1) is 0 Å². The molecule has 8 heteroatoms. The fraction of sp³-hybridized carbons (Fsp3) is 0.300. The van der Waals surface area contributed by atoms with E-state index in [9.17, 15) is 9.59 Å². The molecule has 1 N–H and O–H groups in total. The first-order chi connectivity index (χ1) is 13.6. The second-order valence-electron chi connectivity index (χ2n) is 6.02. The summed E-state index contributed by atoms with van der Waals surface area (Å²) >= 11 is 0. The van der Waals surface area contributed by atoms with Crippen LogP contribution in [0.25, 0.3) is 0 Å². The Morgan fingerprint density at radius 2 is 1.79 bits per heavy atom. The molecule has 0 saturated heterocycles. The minimum absolute atomic E-state index is 0.0997. The number of nitrogens with one attached hydrogen (secondary N) is 1. The third kappa shape index (κ3) is 4.85. The monoisotopic (exact) mass is 386 g/mol. The largest absolute Gasteiger partial charge is 0.497 e. The zero-order valence-corrected chi connectivity index (χ0v) is 15.8. The molecule has 2 aromatic carbocycles. The molecule has 0 unspecified atom stereocenters. The molecule has 8 nitrogen and oxygen atoms in total. The molecule has 2 aromatic rings. The topological polar surface area (TPSA) is 86.3 Å². The Balaban J connectivity index is 1.48. The van der Waals surface area contributed by atoms with Gasteiger partial charge in [0, 0.05) is 18.7 Å². The van der Waals surface area contributed by atoms with Crippen molar-refractivity contribution >= 4 is 17.5 Å². The lowest BCUT2D eigenvalue weighted by atomic mass is 10.2. The average molecular weight is 386 g/mol. The Bertz CT molecular complexity index is 837. The second kappa shape index (κ2) is 8.98. The van der Waals surface area contributed by atoms with Gasteiger partial charge in [0.15, 0.2) is 11.5 Å². The van der Waals surface area contributed by atoms with E-state index in [0.717, 1.165) is 5.75 Å². The highest BCUT2D eigenvalue weighted by molar-refractivity contribution is 5.97. The number of benzene rings is 2. The Kier molecular flexibility index (Phi) is 6.21. The van der Waals surface area contributed by atoms with E-state index in [0.29, 0.717) is 36.1 Å². The summed E-state index contributed by atoms with van der Waals surface area (Å²) in [6.07, 6.45) is 0. The highest BCUT2D eigenvalue weighted by Gasteiger charge is 2.20. The van der Waals surface area contributed by atoms with Gasteiger partial charge in [0.1, 0.15) is 24.7 Å². The molecule has 3 rings (SSSR count). The Labute approximate surface area is 162 Å². The van der Waals surface area contributed by atoms with E-state index < -0.39 is 0 Å². The molecule has 1 aliphatic heterocycles. The van der Waals surface area contributed by atoms with Crippen LogP contribution in [0, 0.1) is 0 Å². The number of rotatable bonds is 8. The zero-order valence-electron chi connectivity index (χ0n) is 15.8. The summed E-state index contributed by atoms with van der Waals surface area (Å²) in [6, 6.07) is 12.3. The van der Waals surface area contributed by atoms with Gasteiger partial charge in [-0.3, -0.25) is 9.59 Å². The third-order valence-corrected chi connectivity index (χ3v) is 4.10. The van der Waals surface area contributed by atoms with Gasteiger partial charge in [0.05, 0.1) is 13.7 Å². The van der Waals surface area contributed by atoms with Crippen LogP contribution in [0.3, 0.4) is 0 Å². The molecule has 0 spiro atoms. The summed E-state index contributed by atoms with van der Waals surface area (Å²) in [4.78, 5) is 25.6. The van der Waals surface area contributed by atoms with Gasteiger partial charge in [-0.1, -0.05) is 0 Å². The molecule has 0 saturated carbocycles. The van der Waals surface area contributed by atoms with Gasteiger partial charge in [0.2, 0.25) is 18.6 Å². The number of anilines is 1. The number of amides is 2. The Morgan fingerprint density at radius 3 is 2.50 bits per heavy atom. The molecule has 0 fully saturated rings. The minimum atomic E-state index is -0.286. The van der Waals surface area contributed by atoms with Crippen LogP contribution >= 0.6 is 0 Å². The van der Waals surface area contributed by atoms with Crippen molar-refractivity contribution < 1.29 is 28.5 Å². The molecule has 0 aromatic heterocycles. The molecule has 1 aliphatic rings. The number of hydrogen-bond acceptors (Lipinski definition) is 6. The summed E-state index contributed by atoms with van der Waals surface area (Å²) in [6.45, 7) is 2.08. The van der Waals surface area contributed by atoms with E-state index in [1.54, 1.807) is 49.6 Å². The molecular weight excluding hydrogens is 364 g/mol. The van der Waals surface area contributed by atoms with Crippen LogP contribution in [0.4, 0.5) is 5.69 Å². The van der Waals surface area contributed by atoms with Crippen LogP contribution in [0.5, 0.6) is 23.0 Å². The summed E-state index contributed by atoms with van der Waals surface area (Å²) in [5.41, 5.74) is 0.571. The fourth-order valence-corrected chi connectivity index (χ4v) is 2.67. The van der Waals surface area contributed by atoms with Gasteiger partial charge in [-0.05, 0) is 36.4 Å². The number of nitrogens with zero attached hydrogens (tertiary/aromatic N) is 1. The number of carbonyl (C=O) groups excluding carboxylic acids is 2. The lowest BCUT2D eigenvalue weighted by Crippen LogP contribution is -2.41. The standard InChI is InChI=1S/C20H22N2O6/c1-14(23)22(15-3-8-18-19(11-15)28-13-27-18)12-20(24)21-9-10-26-17-6-4-16(25-2)5-7-17/h3-8,11H,9-10,12-13H2,1-2H3,(H,21,24). The number of hydrogen-bond donors (Lipinski definition) is 1. The van der Waals surface area contributed by atoms with Gasteiger partial charge in [-0.2, -0.15) is 0 Å². The minimum Gasteiger partial charge on any atom is -0.497 e. The maximum absolute atomic E-state index is 12.2. The first kappa shape index (κ1) is 19.3. The van der Waals surface area contributed by atoms with Gasteiger partial charge >= 0.3 is 0 Å². The highest BCUT2D eigenvalue weighted by Crippen LogP contribution is 2.35. The number of methoxy groups -OCH3 is 1. The van der Waals surface area contributed by atoms with E-state index in [-0.39, 0.29) is 25.2 Å². The van der Waals surface area contributed by atoms with E-state index in [2.05, 4.69) is 5.32 Å². The molecule has 148 valence electrons. The lowest BCUT2D eigenvalue weighted by Gasteiger charge is -2.21. The van der Waals surface area contributed by atoms with Crippen LogP contribution in [0.1, 0.15) is 6.92 Å². The normalized spacial score (nSPS) is 11.6. The first-order valence-corrected chi connectivity index (χ1v) is 8.78. The van der Waals surface area contributed by atoms with Crippen molar-refractivity contribution in [3.05, 3.63) is 42.5 Å². The smallest absolute Gasteiger partial charge is 0.240 e. The average Bonchev–Trinajstić information content (AvgIpc) is 3.17. The van der Waals surface area contributed by atoms with Crippen molar-refractivity contribution in [1.82, 2.24) is 5.32 Å². The van der Waals surface area contributed by atoms with Crippen LogP contribution in [-0.2, 0) is 9.59 Å². The van der Waals surface area contributed by atoms with Crippen molar-refractivity contribution in [2.45, 2.75) is 6.92 Å². The van der Waals surface area contributed by atoms with E-state index >= 15 is 0 Å². The maximum atomic E-state index is 12.2. The molecule has 0 atom stereocenters. The summed E-state index contributed by atoms with van der Waals surface area (Å²) in [7, 11) is 1.60. The molecular formula is C20H22N2O6. The van der Waals surface area contributed by atoms with E-state index in [1.165, 1.54) is 11.8 Å². The SMILES string of the molecule is COc1ccc(OCCNC(=O)CN(C(C)=O)c2ccc3c(c2)OCO3)cc1. The second-order valence-corrected chi connectivity index (χ2v) is 6.02. The summed E-state index contributed by atoms with van der Waals surface area (Å²) < 4.78 is 21.2. The molecule has 0 bridgehead atoms. The van der Waals surface area contributed by atoms with Crippen molar-refractivity contribution in [3.63, 3.8) is 0 Å². The molecule has 28 heavy (non-hydrogen) atoms. The van der Waals surface area contributed by atoms with Crippen molar-refractivity contribution in [1.29, 1.82) is 0 Å². The molecule has 0 radical (unpaired) electrons. The summed E-state index contributed by atoms with van der Waals surface area (Å²) in [5, 5.41) is 2.74. The zero-order chi connectivity index (χ0) is 19.9. The van der Waals surface area contributed by atoms with E-state index in [4.69, 9.17) is 18.9 Å². The van der Waals surface area contributed by atoms with Crippen molar-refractivity contribution in [2.75, 3.05) is 38.5 Å². The Morgan fingerprint density at radius 1 is 1.07 bits per heavy atom. The quantitative estimate of drug-likeness (QED) is 0.698. The van der Waals surface area contributed by atoms with Crippen LogP contribution < -0.4 is 29.2 Å².